The quantitative estimate of drug-likeness (QED) is 0.189. The zero-order valence-corrected chi connectivity index (χ0v) is 22.1. The van der Waals surface area contributed by atoms with Gasteiger partial charge < -0.3 is 15.5 Å². The highest BCUT2D eigenvalue weighted by Gasteiger charge is 2.24. The van der Waals surface area contributed by atoms with Gasteiger partial charge in [0.15, 0.2) is 0 Å². The Morgan fingerprint density at radius 1 is 0.872 bits per heavy atom. The molecule has 3 N–H and O–H groups in total. The van der Waals surface area contributed by atoms with Crippen molar-refractivity contribution in [3.63, 3.8) is 0 Å². The molecule has 0 saturated carbocycles. The van der Waals surface area contributed by atoms with Crippen molar-refractivity contribution in [2.24, 2.45) is 0 Å². The first-order chi connectivity index (χ1) is 18.7. The normalized spacial score (nSPS) is 11.8. The number of hydrogen-bond acceptors (Lipinski definition) is 4. The Labute approximate surface area is 233 Å². The van der Waals surface area contributed by atoms with Gasteiger partial charge in [0, 0.05) is 16.1 Å². The minimum Gasteiger partial charge on any atom is -0.508 e. The largest absolute Gasteiger partial charge is 0.508 e. The van der Waals surface area contributed by atoms with Crippen LogP contribution in [0.25, 0.3) is 21.2 Å². The summed E-state index contributed by atoms with van der Waals surface area (Å²) in [6, 6.07) is 24.6. The lowest BCUT2D eigenvalue weighted by atomic mass is 9.95. The molecule has 0 bridgehead atoms. The van der Waals surface area contributed by atoms with Crippen molar-refractivity contribution >= 4 is 44.9 Å². The summed E-state index contributed by atoms with van der Waals surface area (Å²) in [7, 11) is 0. The van der Waals surface area contributed by atoms with Crippen LogP contribution in [0.3, 0.4) is 0 Å². The highest BCUT2D eigenvalue weighted by Crippen LogP contribution is 2.31. The summed E-state index contributed by atoms with van der Waals surface area (Å²) >= 11 is 7.29. The Morgan fingerprint density at radius 3 is 2.31 bits per heavy atom. The zero-order valence-electron chi connectivity index (χ0n) is 20.5. The molecule has 0 saturated heterocycles. The highest BCUT2D eigenvalue weighted by atomic mass is 35.5. The Balaban J connectivity index is 1.35. The fraction of sp³-hybridized carbons (Fsp3) is 0.0968. The third-order valence-electron chi connectivity index (χ3n) is 6.44. The van der Waals surface area contributed by atoms with Crippen molar-refractivity contribution in [3.05, 3.63) is 123 Å². The molecule has 5 nitrogen and oxygen atoms in total. The van der Waals surface area contributed by atoms with Gasteiger partial charge >= 0.3 is 5.97 Å². The minimum absolute atomic E-state index is 0.0174. The smallest absolute Gasteiger partial charge is 0.326 e. The Hall–Kier alpha value is -4.20. The highest BCUT2D eigenvalue weighted by molar-refractivity contribution is 7.20. The maximum Gasteiger partial charge on any atom is 0.326 e. The molecule has 0 fully saturated rings. The maximum atomic E-state index is 13.3. The number of fused-ring (bicyclic) bond motifs is 1. The number of benzene rings is 4. The molecule has 1 atom stereocenters. The summed E-state index contributed by atoms with van der Waals surface area (Å²) in [5.41, 5.74) is 4.14. The molecule has 5 rings (SSSR count). The number of amides is 1. The number of carboxylic acid groups (broad SMARTS) is 1. The molecular formula is C31H23ClFNO4S. The first kappa shape index (κ1) is 26.4. The minimum atomic E-state index is -1.19. The average molecular weight is 560 g/mol. The van der Waals surface area contributed by atoms with Gasteiger partial charge in [-0.3, -0.25) is 4.79 Å². The van der Waals surface area contributed by atoms with Gasteiger partial charge in [0.05, 0.1) is 4.88 Å². The van der Waals surface area contributed by atoms with Crippen LogP contribution in [-0.4, -0.2) is 28.1 Å². The van der Waals surface area contributed by atoms with Crippen LogP contribution in [0.2, 0.25) is 5.02 Å². The summed E-state index contributed by atoms with van der Waals surface area (Å²) in [4.78, 5) is 25.7. The Morgan fingerprint density at radius 2 is 1.59 bits per heavy atom. The second-order valence-electron chi connectivity index (χ2n) is 9.19. The van der Waals surface area contributed by atoms with Gasteiger partial charge in [0.2, 0.25) is 0 Å². The molecule has 1 aromatic heterocycles. The standard InChI is InChI=1S/C31H23ClFNO4S/c32-24-7-3-19(4-8-24)20-6-12-28-23(14-20)17-29(39-28)30(36)34-27(31(37)38)16-21-5-11-26(35)15-22(21)13-18-1-9-25(33)10-2-18/h1-12,14-15,17,27,35H,13,16H2,(H,34,36)(H,37,38)/t27-/m0/s1. The lowest BCUT2D eigenvalue weighted by molar-refractivity contribution is -0.139. The molecule has 0 aliphatic heterocycles. The molecule has 5 aromatic rings. The van der Waals surface area contributed by atoms with E-state index >= 15 is 0 Å². The van der Waals surface area contributed by atoms with Gasteiger partial charge in [-0.05, 0) is 94.2 Å². The number of phenols is 1. The Bertz CT molecular complexity index is 1670. The predicted octanol–water partition coefficient (Wildman–Crippen LogP) is 7.08. The molecule has 0 spiro atoms. The van der Waals surface area contributed by atoms with E-state index in [-0.39, 0.29) is 18.0 Å². The molecule has 0 unspecified atom stereocenters. The summed E-state index contributed by atoms with van der Waals surface area (Å²) in [5, 5.41) is 24.1. The van der Waals surface area contributed by atoms with E-state index < -0.39 is 17.9 Å². The summed E-state index contributed by atoms with van der Waals surface area (Å²) in [5.74, 6) is -1.97. The molecule has 0 aliphatic rings. The van der Waals surface area contributed by atoms with Gasteiger partial charge in [0.1, 0.15) is 17.6 Å². The van der Waals surface area contributed by atoms with Gasteiger partial charge in [-0.25, -0.2) is 9.18 Å². The molecule has 8 heteroatoms. The van der Waals surface area contributed by atoms with Gasteiger partial charge in [-0.2, -0.15) is 0 Å². The third-order valence-corrected chi connectivity index (χ3v) is 7.81. The number of carboxylic acids is 1. The number of rotatable bonds is 8. The van der Waals surface area contributed by atoms with Crippen LogP contribution in [0.15, 0.2) is 91.0 Å². The number of phenolic OH excluding ortho intramolecular Hbond substituents is 1. The van der Waals surface area contributed by atoms with E-state index in [4.69, 9.17) is 11.6 Å². The second kappa shape index (κ2) is 11.3. The van der Waals surface area contributed by atoms with Crippen LogP contribution in [0.5, 0.6) is 5.75 Å². The Kier molecular flexibility index (Phi) is 7.63. The maximum absolute atomic E-state index is 13.3. The van der Waals surface area contributed by atoms with E-state index in [2.05, 4.69) is 5.32 Å². The number of thiophene rings is 1. The monoisotopic (exact) mass is 559 g/mol. The lowest BCUT2D eigenvalue weighted by Crippen LogP contribution is -2.42. The summed E-state index contributed by atoms with van der Waals surface area (Å²) < 4.78 is 14.2. The van der Waals surface area contributed by atoms with Gasteiger partial charge in [-0.1, -0.05) is 48.0 Å². The van der Waals surface area contributed by atoms with Crippen LogP contribution in [0, 0.1) is 5.82 Å². The van der Waals surface area contributed by atoms with E-state index in [1.807, 2.05) is 42.5 Å². The number of halogens is 2. The van der Waals surface area contributed by atoms with E-state index in [9.17, 15) is 24.2 Å². The molecule has 0 aliphatic carbocycles. The molecule has 39 heavy (non-hydrogen) atoms. The predicted molar refractivity (Wildman–Crippen MR) is 152 cm³/mol. The van der Waals surface area contributed by atoms with Crippen molar-refractivity contribution in [2.45, 2.75) is 18.9 Å². The summed E-state index contributed by atoms with van der Waals surface area (Å²) in [6.07, 6.45) is 0.389. The SMILES string of the molecule is O=C(N[C@@H](Cc1ccc(O)cc1Cc1ccc(F)cc1)C(=O)O)c1cc2cc(-c3ccc(Cl)cc3)ccc2s1. The average Bonchev–Trinajstić information content (AvgIpc) is 3.35. The molecular weight excluding hydrogens is 537 g/mol. The fourth-order valence-electron chi connectivity index (χ4n) is 4.42. The van der Waals surface area contributed by atoms with E-state index in [1.165, 1.54) is 29.5 Å². The van der Waals surface area contributed by atoms with E-state index in [0.29, 0.717) is 27.4 Å². The van der Waals surface area contributed by atoms with E-state index in [0.717, 1.165) is 26.8 Å². The van der Waals surface area contributed by atoms with Crippen LogP contribution in [0.4, 0.5) is 4.39 Å². The van der Waals surface area contributed by atoms with Crippen molar-refractivity contribution in [2.75, 3.05) is 0 Å². The number of aliphatic carboxylic acids is 1. The first-order valence-corrected chi connectivity index (χ1v) is 13.3. The third kappa shape index (κ3) is 6.28. The van der Waals surface area contributed by atoms with Crippen LogP contribution in [0.1, 0.15) is 26.4 Å². The first-order valence-electron chi connectivity index (χ1n) is 12.1. The van der Waals surface area contributed by atoms with Gasteiger partial charge in [0.25, 0.3) is 5.91 Å². The lowest BCUT2D eigenvalue weighted by Gasteiger charge is -2.17. The van der Waals surface area contributed by atoms with Crippen molar-refractivity contribution < 1.29 is 24.2 Å². The number of aromatic hydroxyl groups is 1. The van der Waals surface area contributed by atoms with Gasteiger partial charge in [-0.15, -0.1) is 11.3 Å². The van der Waals surface area contributed by atoms with Crippen LogP contribution < -0.4 is 5.32 Å². The second-order valence-corrected chi connectivity index (χ2v) is 10.7. The van der Waals surface area contributed by atoms with Crippen LogP contribution >= 0.6 is 22.9 Å². The number of carbonyl (C=O) groups is 2. The van der Waals surface area contributed by atoms with Crippen molar-refractivity contribution in [1.29, 1.82) is 0 Å². The number of hydrogen-bond donors (Lipinski definition) is 3. The molecule has 0 radical (unpaired) electrons. The molecule has 4 aromatic carbocycles. The topological polar surface area (TPSA) is 86.6 Å². The fourth-order valence-corrected chi connectivity index (χ4v) is 5.50. The van der Waals surface area contributed by atoms with Crippen molar-refractivity contribution in [3.8, 4) is 16.9 Å². The number of carbonyl (C=O) groups excluding carboxylic acids is 1. The zero-order chi connectivity index (χ0) is 27.5. The van der Waals surface area contributed by atoms with Crippen LogP contribution in [-0.2, 0) is 17.6 Å². The molecule has 1 heterocycles. The number of nitrogens with one attached hydrogen (secondary N) is 1. The molecule has 196 valence electrons. The summed E-state index contributed by atoms with van der Waals surface area (Å²) in [6.45, 7) is 0. The van der Waals surface area contributed by atoms with Crippen molar-refractivity contribution in [1.82, 2.24) is 5.32 Å². The van der Waals surface area contributed by atoms with E-state index in [1.54, 1.807) is 30.3 Å². The molecule has 1 amide bonds.